The quantitative estimate of drug-likeness (QED) is 0.280. The first kappa shape index (κ1) is 9.88. The summed E-state index contributed by atoms with van der Waals surface area (Å²) in [5.74, 6) is 0. The summed E-state index contributed by atoms with van der Waals surface area (Å²) in [4.78, 5) is 9.24. The van der Waals surface area contributed by atoms with Crippen molar-refractivity contribution in [3.63, 3.8) is 0 Å². The zero-order chi connectivity index (χ0) is 7.98. The van der Waals surface area contributed by atoms with Gasteiger partial charge in [-0.05, 0) is 6.42 Å². The SMILES string of the molecule is CCC[P+](=S)OC[N+](=O)[O-]. The summed E-state index contributed by atoms with van der Waals surface area (Å²) in [6.45, 7) is 0.549. The highest BCUT2D eigenvalue weighted by Crippen LogP contribution is 2.22. The summed E-state index contributed by atoms with van der Waals surface area (Å²) in [5, 5.41) is 9.75. The predicted molar refractivity (Wildman–Crippen MR) is 42.4 cm³/mol. The van der Waals surface area contributed by atoms with Gasteiger partial charge >= 0.3 is 13.7 Å². The lowest BCUT2D eigenvalue weighted by atomic mass is 10.6. The maximum atomic E-state index is 9.75. The van der Waals surface area contributed by atoms with E-state index >= 15 is 0 Å². The lowest BCUT2D eigenvalue weighted by Crippen LogP contribution is -2.00. The molecular weight excluding hydrogens is 173 g/mol. The van der Waals surface area contributed by atoms with Crippen molar-refractivity contribution in [2.45, 2.75) is 13.3 Å². The normalized spacial score (nSPS) is 11.1. The van der Waals surface area contributed by atoms with Crippen molar-refractivity contribution in [3.05, 3.63) is 10.1 Å². The van der Waals surface area contributed by atoms with Crippen molar-refractivity contribution in [2.24, 2.45) is 0 Å². The first-order valence-electron chi connectivity index (χ1n) is 2.86. The lowest BCUT2D eigenvalue weighted by Gasteiger charge is -1.85. The van der Waals surface area contributed by atoms with Crippen molar-refractivity contribution < 1.29 is 9.45 Å². The summed E-state index contributed by atoms with van der Waals surface area (Å²) in [6, 6.07) is 0. The Kier molecular flexibility index (Phi) is 5.58. The molecule has 58 valence electrons. The third-order valence-electron chi connectivity index (χ3n) is 0.713. The minimum Gasteiger partial charge on any atom is -0.262 e. The Bertz CT molecular complexity index is 140. The second-order valence-corrected chi connectivity index (χ2v) is 4.24. The van der Waals surface area contributed by atoms with Gasteiger partial charge in [-0.2, -0.15) is 0 Å². The molecule has 0 aromatic heterocycles. The van der Waals surface area contributed by atoms with E-state index in [1.165, 1.54) is 0 Å². The van der Waals surface area contributed by atoms with E-state index in [1.807, 2.05) is 6.92 Å². The molecule has 0 N–H and O–H groups in total. The summed E-state index contributed by atoms with van der Waals surface area (Å²) in [5.41, 5.74) is 0. The Morgan fingerprint density at radius 2 is 2.40 bits per heavy atom. The van der Waals surface area contributed by atoms with E-state index in [0.29, 0.717) is 0 Å². The molecule has 0 saturated carbocycles. The van der Waals surface area contributed by atoms with Gasteiger partial charge in [-0.1, -0.05) is 11.4 Å². The minimum atomic E-state index is -0.972. The summed E-state index contributed by atoms with van der Waals surface area (Å²) >= 11 is 4.79. The maximum absolute atomic E-state index is 9.75. The number of nitro groups is 1. The van der Waals surface area contributed by atoms with Gasteiger partial charge in [0, 0.05) is 0 Å². The molecule has 10 heavy (non-hydrogen) atoms. The number of nitrogens with zero attached hydrogens (tertiary/aromatic N) is 1. The average Bonchev–Trinajstić information content (AvgIpc) is 1.85. The molecule has 0 aliphatic heterocycles. The van der Waals surface area contributed by atoms with E-state index in [1.54, 1.807) is 0 Å². The van der Waals surface area contributed by atoms with Gasteiger partial charge in [0.15, 0.2) is 11.8 Å². The third kappa shape index (κ3) is 6.01. The molecule has 0 amide bonds. The molecule has 0 spiro atoms. The van der Waals surface area contributed by atoms with E-state index in [4.69, 9.17) is 16.3 Å². The molecule has 0 radical (unpaired) electrons. The topological polar surface area (TPSA) is 52.4 Å². The van der Waals surface area contributed by atoms with Crippen molar-refractivity contribution in [1.29, 1.82) is 0 Å². The number of hydrogen-bond acceptors (Lipinski definition) is 4. The van der Waals surface area contributed by atoms with Gasteiger partial charge < -0.3 is 0 Å². The molecule has 0 bridgehead atoms. The second-order valence-electron chi connectivity index (χ2n) is 1.65. The van der Waals surface area contributed by atoms with Gasteiger partial charge in [-0.25, -0.2) is 0 Å². The van der Waals surface area contributed by atoms with Gasteiger partial charge in [-0.15, -0.1) is 0 Å². The zero-order valence-electron chi connectivity index (χ0n) is 5.65. The smallest absolute Gasteiger partial charge is 0.262 e. The third-order valence-corrected chi connectivity index (χ3v) is 2.79. The molecule has 1 unspecified atom stereocenters. The van der Waals surface area contributed by atoms with Crippen molar-refractivity contribution in [1.82, 2.24) is 0 Å². The van der Waals surface area contributed by atoms with E-state index in [9.17, 15) is 10.1 Å². The molecule has 0 saturated heterocycles. The van der Waals surface area contributed by atoms with Gasteiger partial charge in [0.1, 0.15) is 6.16 Å². The van der Waals surface area contributed by atoms with Crippen LogP contribution in [0.1, 0.15) is 13.3 Å². The number of rotatable bonds is 5. The highest BCUT2D eigenvalue weighted by Gasteiger charge is 2.12. The molecule has 0 aromatic carbocycles. The van der Waals surface area contributed by atoms with E-state index in [2.05, 4.69) is 0 Å². The molecular formula is C4H9NO3PS+. The Balaban J connectivity index is 3.30. The van der Waals surface area contributed by atoms with Crippen LogP contribution in [-0.2, 0) is 16.3 Å². The molecule has 0 aliphatic rings. The molecule has 4 nitrogen and oxygen atoms in total. The molecule has 0 aliphatic carbocycles. The fourth-order valence-corrected chi connectivity index (χ4v) is 1.77. The van der Waals surface area contributed by atoms with Crippen LogP contribution in [0.4, 0.5) is 0 Å². The molecule has 0 rings (SSSR count). The van der Waals surface area contributed by atoms with Crippen LogP contribution in [0.25, 0.3) is 0 Å². The minimum absolute atomic E-state index is 0.449. The Morgan fingerprint density at radius 3 is 2.80 bits per heavy atom. The molecule has 0 fully saturated rings. The monoisotopic (exact) mass is 182 g/mol. The van der Waals surface area contributed by atoms with Gasteiger partial charge in [0.05, 0.1) is 4.92 Å². The van der Waals surface area contributed by atoms with Crippen LogP contribution in [0, 0.1) is 10.1 Å². The second kappa shape index (κ2) is 5.65. The fraction of sp³-hybridized carbons (Fsp3) is 1.00. The van der Waals surface area contributed by atoms with Crippen LogP contribution in [-0.4, -0.2) is 17.8 Å². The van der Waals surface area contributed by atoms with Gasteiger partial charge in [-0.3, -0.25) is 10.1 Å². The van der Waals surface area contributed by atoms with Crippen LogP contribution in [0.2, 0.25) is 0 Å². The first-order chi connectivity index (χ1) is 4.66. The zero-order valence-corrected chi connectivity index (χ0v) is 7.36. The van der Waals surface area contributed by atoms with Crippen LogP contribution < -0.4 is 0 Å². The highest BCUT2D eigenvalue weighted by molar-refractivity contribution is 8.02. The average molecular weight is 182 g/mol. The van der Waals surface area contributed by atoms with Crippen LogP contribution in [0.15, 0.2) is 0 Å². The van der Waals surface area contributed by atoms with Gasteiger partial charge in [0.2, 0.25) is 0 Å². The molecule has 6 heteroatoms. The van der Waals surface area contributed by atoms with Crippen molar-refractivity contribution >= 4 is 18.7 Å². The largest absolute Gasteiger partial charge is 0.348 e. The highest BCUT2D eigenvalue weighted by atomic mass is 32.4. The molecule has 0 heterocycles. The van der Waals surface area contributed by atoms with E-state index in [-0.39, 0.29) is 0 Å². The van der Waals surface area contributed by atoms with E-state index in [0.717, 1.165) is 12.6 Å². The summed E-state index contributed by atoms with van der Waals surface area (Å²) in [6.07, 6.45) is 1.69. The first-order valence-corrected chi connectivity index (χ1v) is 5.32. The van der Waals surface area contributed by atoms with Gasteiger partial charge in [0.25, 0.3) is 0 Å². The van der Waals surface area contributed by atoms with Crippen molar-refractivity contribution in [3.8, 4) is 0 Å². The predicted octanol–water partition coefficient (Wildman–Crippen LogP) is 1.51. The van der Waals surface area contributed by atoms with Crippen molar-refractivity contribution in [2.75, 3.05) is 12.9 Å². The molecule has 1 atom stereocenters. The van der Waals surface area contributed by atoms with Crippen LogP contribution in [0.5, 0.6) is 0 Å². The fourth-order valence-electron chi connectivity index (χ4n) is 0.359. The van der Waals surface area contributed by atoms with E-state index < -0.39 is 18.6 Å². The maximum Gasteiger partial charge on any atom is 0.348 e. The number of hydrogen-bond donors (Lipinski definition) is 0. The summed E-state index contributed by atoms with van der Waals surface area (Å²) < 4.78 is 4.72. The van der Waals surface area contributed by atoms with Crippen LogP contribution >= 0.6 is 6.92 Å². The summed E-state index contributed by atoms with van der Waals surface area (Å²) in [7, 11) is 0. The Hall–Kier alpha value is -0.120. The van der Waals surface area contributed by atoms with Crippen LogP contribution in [0.3, 0.4) is 0 Å². The Labute approximate surface area is 65.2 Å². The molecule has 0 aromatic rings. The lowest BCUT2D eigenvalue weighted by molar-refractivity contribution is -0.513. The Morgan fingerprint density at radius 1 is 1.80 bits per heavy atom. The standard InChI is InChI=1S/C4H9NO3PS/c1-2-3-9(10)8-4-5(6)7/h2-4H2,1H3/q+1.